The van der Waals surface area contributed by atoms with Gasteiger partial charge in [0.25, 0.3) is 0 Å². The van der Waals surface area contributed by atoms with E-state index in [-0.39, 0.29) is 43.0 Å². The summed E-state index contributed by atoms with van der Waals surface area (Å²) >= 11 is 16.5. The van der Waals surface area contributed by atoms with Crippen molar-refractivity contribution in [2.24, 2.45) is 0 Å². The number of benzene rings is 1. The van der Waals surface area contributed by atoms with Crippen LogP contribution in [0.15, 0.2) is 35.1 Å². The third-order valence-electron chi connectivity index (χ3n) is 4.92. The van der Waals surface area contributed by atoms with Crippen LogP contribution in [0.3, 0.4) is 0 Å². The highest BCUT2D eigenvalue weighted by molar-refractivity contribution is 9.10. The van der Waals surface area contributed by atoms with Gasteiger partial charge in [-0.25, -0.2) is 4.98 Å². The zero-order valence-electron chi connectivity index (χ0n) is 19.0. The Kier molecular flexibility index (Phi) is 10.2. The van der Waals surface area contributed by atoms with Gasteiger partial charge in [-0.1, -0.05) is 23.2 Å². The molecule has 13 heteroatoms. The molecule has 0 aliphatic heterocycles. The maximum absolute atomic E-state index is 12.6. The molecule has 3 rings (SSSR count). The Bertz CT molecular complexity index is 1270. The average Bonchev–Trinajstić information content (AvgIpc) is 3.09. The summed E-state index contributed by atoms with van der Waals surface area (Å²) in [4.78, 5) is 41.0. The molecule has 0 unspecified atom stereocenters. The van der Waals surface area contributed by atoms with Gasteiger partial charge in [-0.15, -0.1) is 12.4 Å². The average molecular weight is 608 g/mol. The minimum atomic E-state index is -0.483. The van der Waals surface area contributed by atoms with Gasteiger partial charge < -0.3 is 20.3 Å². The van der Waals surface area contributed by atoms with E-state index in [0.29, 0.717) is 27.7 Å². The molecule has 0 bridgehead atoms. The number of rotatable bonds is 8. The number of imidazole rings is 1. The van der Waals surface area contributed by atoms with Gasteiger partial charge in [0.1, 0.15) is 11.2 Å². The van der Waals surface area contributed by atoms with E-state index in [2.05, 4.69) is 31.5 Å². The van der Waals surface area contributed by atoms with Gasteiger partial charge in [0, 0.05) is 30.8 Å². The predicted molar refractivity (Wildman–Crippen MR) is 141 cm³/mol. The molecule has 9 nitrogen and oxygen atoms in total. The summed E-state index contributed by atoms with van der Waals surface area (Å²) in [7, 11) is 1.54. The van der Waals surface area contributed by atoms with E-state index in [1.54, 1.807) is 18.2 Å². The normalized spacial score (nSPS) is 10.5. The number of amides is 3. The number of nitrogens with one attached hydrogen (secondary N) is 2. The number of pyridine rings is 1. The third kappa shape index (κ3) is 6.78. The summed E-state index contributed by atoms with van der Waals surface area (Å²) in [6, 6.07) is 6.86. The van der Waals surface area contributed by atoms with Crippen LogP contribution >= 0.6 is 51.5 Å². The van der Waals surface area contributed by atoms with Gasteiger partial charge in [0.2, 0.25) is 17.7 Å². The molecule has 0 atom stereocenters. The zero-order chi connectivity index (χ0) is 25.0. The first-order valence-corrected chi connectivity index (χ1v) is 11.7. The van der Waals surface area contributed by atoms with Crippen LogP contribution in [0.25, 0.3) is 5.65 Å². The number of aryl methyl sites for hydroxylation is 1. The highest BCUT2D eigenvalue weighted by Gasteiger charge is 2.20. The van der Waals surface area contributed by atoms with Crippen molar-refractivity contribution >= 4 is 80.6 Å². The quantitative estimate of drug-likeness (QED) is 0.404. The van der Waals surface area contributed by atoms with Crippen LogP contribution in [0.2, 0.25) is 10.0 Å². The van der Waals surface area contributed by atoms with Gasteiger partial charge in [-0.05, 0) is 47.1 Å². The molecular weight excluding hydrogens is 585 g/mol. The molecule has 3 amide bonds. The Balaban J connectivity index is 0.00000432. The number of nitrogens with zero attached hydrogens (tertiary/aromatic N) is 3. The van der Waals surface area contributed by atoms with Crippen molar-refractivity contribution in [1.82, 2.24) is 20.0 Å². The molecule has 2 aromatic heterocycles. The van der Waals surface area contributed by atoms with E-state index >= 15 is 0 Å². The van der Waals surface area contributed by atoms with E-state index in [1.165, 1.54) is 18.9 Å². The Hall–Kier alpha value is -2.53. The molecule has 3 aromatic rings. The fraction of sp³-hybridized carbons (Fsp3) is 0.273. The highest BCUT2D eigenvalue weighted by Crippen LogP contribution is 2.35. The molecule has 0 radical (unpaired) electrons. The Morgan fingerprint density at radius 1 is 1.17 bits per heavy atom. The monoisotopic (exact) mass is 605 g/mol. The summed E-state index contributed by atoms with van der Waals surface area (Å²) in [5.41, 5.74) is 2.36. The van der Waals surface area contributed by atoms with Crippen LogP contribution < -0.4 is 20.3 Å². The van der Waals surface area contributed by atoms with Crippen molar-refractivity contribution in [3.63, 3.8) is 0 Å². The second-order valence-corrected chi connectivity index (χ2v) is 8.88. The van der Waals surface area contributed by atoms with Gasteiger partial charge in [0.05, 0.1) is 29.5 Å². The number of likely N-dealkylation sites (N-methyl/N-ethyl adjacent to an activating group) is 1. The molecule has 0 fully saturated rings. The molecule has 188 valence electrons. The Morgan fingerprint density at radius 2 is 1.89 bits per heavy atom. The van der Waals surface area contributed by atoms with E-state index in [1.807, 2.05) is 23.6 Å². The Labute approximate surface area is 226 Å². The molecule has 0 saturated heterocycles. The SMILES string of the molecule is CC(=O)NCC(=O)NCC(=O)N(C)c1ccc(Cl)c(COc2cccn3c(Br)c(C)nc23)c1Cl.Cl. The number of carbonyl (C=O) groups is 3. The second-order valence-electron chi connectivity index (χ2n) is 7.34. The molecule has 0 aliphatic carbocycles. The van der Waals surface area contributed by atoms with Crippen LogP contribution in [0.4, 0.5) is 5.69 Å². The maximum atomic E-state index is 12.6. The number of fused-ring (bicyclic) bond motifs is 1. The largest absolute Gasteiger partial charge is 0.485 e. The number of hydrogen-bond acceptors (Lipinski definition) is 5. The summed E-state index contributed by atoms with van der Waals surface area (Å²) in [6.07, 6.45) is 1.86. The lowest BCUT2D eigenvalue weighted by Gasteiger charge is -2.21. The maximum Gasteiger partial charge on any atom is 0.246 e. The molecule has 0 saturated carbocycles. The van der Waals surface area contributed by atoms with Crippen LogP contribution in [0.5, 0.6) is 5.75 Å². The lowest BCUT2D eigenvalue weighted by molar-refractivity contribution is -0.126. The minimum absolute atomic E-state index is 0. The van der Waals surface area contributed by atoms with E-state index < -0.39 is 11.8 Å². The van der Waals surface area contributed by atoms with Crippen molar-refractivity contribution in [1.29, 1.82) is 0 Å². The number of hydrogen-bond donors (Lipinski definition) is 2. The first-order valence-electron chi connectivity index (χ1n) is 10.1. The summed E-state index contributed by atoms with van der Waals surface area (Å²) in [5, 5.41) is 5.44. The summed E-state index contributed by atoms with van der Waals surface area (Å²) in [6.45, 7) is 2.74. The van der Waals surface area contributed by atoms with E-state index in [0.717, 1.165) is 10.3 Å². The molecule has 0 aliphatic rings. The van der Waals surface area contributed by atoms with Crippen LogP contribution in [-0.2, 0) is 21.0 Å². The molecular formula is C22H23BrCl3N5O4. The molecule has 2 heterocycles. The van der Waals surface area contributed by atoms with Gasteiger partial charge in [-0.2, -0.15) is 0 Å². The van der Waals surface area contributed by atoms with Crippen LogP contribution in [0.1, 0.15) is 18.2 Å². The zero-order valence-corrected chi connectivity index (χ0v) is 22.9. The van der Waals surface area contributed by atoms with Crippen LogP contribution in [0, 0.1) is 6.92 Å². The van der Waals surface area contributed by atoms with Crippen molar-refractivity contribution < 1.29 is 19.1 Å². The molecule has 2 N–H and O–H groups in total. The Morgan fingerprint density at radius 3 is 2.57 bits per heavy atom. The smallest absolute Gasteiger partial charge is 0.246 e. The van der Waals surface area contributed by atoms with E-state index in [4.69, 9.17) is 27.9 Å². The number of ether oxygens (including phenoxy) is 1. The van der Waals surface area contributed by atoms with Gasteiger partial charge >= 0.3 is 0 Å². The van der Waals surface area contributed by atoms with Gasteiger partial charge in [0.15, 0.2) is 11.4 Å². The number of anilines is 1. The van der Waals surface area contributed by atoms with Gasteiger partial charge in [-0.3, -0.25) is 18.8 Å². The first kappa shape index (κ1) is 28.7. The molecule has 1 aromatic carbocycles. The number of halogens is 4. The second kappa shape index (κ2) is 12.4. The molecule has 35 heavy (non-hydrogen) atoms. The third-order valence-corrected chi connectivity index (χ3v) is 6.65. The van der Waals surface area contributed by atoms with Crippen molar-refractivity contribution in [3.05, 3.63) is 56.4 Å². The summed E-state index contributed by atoms with van der Waals surface area (Å²) < 4.78 is 8.67. The fourth-order valence-electron chi connectivity index (χ4n) is 3.06. The molecule has 0 spiro atoms. The number of aromatic nitrogens is 2. The van der Waals surface area contributed by atoms with Crippen LogP contribution in [-0.4, -0.2) is 47.2 Å². The highest BCUT2D eigenvalue weighted by atomic mass is 79.9. The lowest BCUT2D eigenvalue weighted by atomic mass is 10.2. The fourth-order valence-corrected chi connectivity index (χ4v) is 4.04. The summed E-state index contributed by atoms with van der Waals surface area (Å²) in [5.74, 6) is -0.689. The van der Waals surface area contributed by atoms with Crippen molar-refractivity contribution in [2.75, 3.05) is 25.0 Å². The standard InChI is InChI=1S/C22H22BrCl2N5O4.ClH/c1-12-21(23)30-8-4-5-17(22(30)28-12)34-11-14-15(24)6-7-16(20(14)25)29(3)19(33)10-27-18(32)9-26-13(2)31;/h4-8H,9-11H2,1-3H3,(H,26,31)(H,27,32);1H. The van der Waals surface area contributed by atoms with Crippen molar-refractivity contribution in [2.45, 2.75) is 20.5 Å². The van der Waals surface area contributed by atoms with Crippen molar-refractivity contribution in [3.8, 4) is 5.75 Å². The predicted octanol–water partition coefficient (Wildman–Crippen LogP) is 3.93. The topological polar surface area (TPSA) is 105 Å². The van der Waals surface area contributed by atoms with E-state index in [9.17, 15) is 14.4 Å². The minimum Gasteiger partial charge on any atom is -0.485 e. The first-order chi connectivity index (χ1) is 16.1. The lowest BCUT2D eigenvalue weighted by Crippen LogP contribution is -2.42. The number of carbonyl (C=O) groups excluding carboxylic acids is 3.